The molecule has 3 heteroatoms. The van der Waals surface area contributed by atoms with Crippen molar-refractivity contribution >= 4 is 0 Å². The molecule has 0 unspecified atom stereocenters. The Morgan fingerprint density at radius 2 is 2.20 bits per heavy atom. The second-order valence-electron chi connectivity index (χ2n) is 4.39. The molecule has 1 saturated heterocycles. The second kappa shape index (κ2) is 4.37. The maximum atomic E-state index is 10.4. The minimum absolute atomic E-state index is 0.656. The molecule has 1 fully saturated rings. The van der Waals surface area contributed by atoms with E-state index in [-0.39, 0.29) is 0 Å². The number of piperidine rings is 1. The lowest BCUT2D eigenvalue weighted by molar-refractivity contribution is -0.0261. The van der Waals surface area contributed by atoms with E-state index < -0.39 is 5.60 Å². The van der Waals surface area contributed by atoms with Crippen LogP contribution in [0.15, 0.2) is 23.0 Å². The van der Waals surface area contributed by atoms with E-state index in [1.807, 2.05) is 6.07 Å². The first-order chi connectivity index (χ1) is 7.24. The Morgan fingerprint density at radius 1 is 1.47 bits per heavy atom. The summed E-state index contributed by atoms with van der Waals surface area (Å²) in [5, 5.41) is 10.4. The lowest BCUT2D eigenvalue weighted by atomic mass is 9.86. The van der Waals surface area contributed by atoms with Gasteiger partial charge in [-0.15, -0.1) is 0 Å². The zero-order chi connectivity index (χ0) is 10.7. The standard InChI is InChI=1S/C12H19NO2/c1-2-6-13-7-4-12(14,5-8-13)11-3-9-15-10-11/h3,9-10,14H,2,4-8H2,1H3. The molecule has 1 aliphatic heterocycles. The third-order valence-electron chi connectivity index (χ3n) is 3.28. The van der Waals surface area contributed by atoms with Crippen LogP contribution in [0.1, 0.15) is 31.7 Å². The van der Waals surface area contributed by atoms with Gasteiger partial charge in [-0.25, -0.2) is 0 Å². The molecule has 2 heterocycles. The first-order valence-electron chi connectivity index (χ1n) is 5.72. The highest BCUT2D eigenvalue weighted by Gasteiger charge is 2.34. The first-order valence-corrected chi connectivity index (χ1v) is 5.72. The van der Waals surface area contributed by atoms with Gasteiger partial charge in [-0.1, -0.05) is 6.92 Å². The van der Waals surface area contributed by atoms with Crippen LogP contribution in [-0.4, -0.2) is 29.6 Å². The van der Waals surface area contributed by atoms with Crippen LogP contribution in [0.3, 0.4) is 0 Å². The molecule has 0 aliphatic carbocycles. The van der Waals surface area contributed by atoms with Gasteiger partial charge in [0.15, 0.2) is 0 Å². The van der Waals surface area contributed by atoms with Crippen LogP contribution >= 0.6 is 0 Å². The Morgan fingerprint density at radius 3 is 2.73 bits per heavy atom. The molecule has 0 amide bonds. The molecule has 0 spiro atoms. The van der Waals surface area contributed by atoms with Crippen molar-refractivity contribution in [2.24, 2.45) is 0 Å². The van der Waals surface area contributed by atoms with Gasteiger partial charge in [0.2, 0.25) is 0 Å². The molecule has 1 N–H and O–H groups in total. The number of aliphatic hydroxyl groups is 1. The summed E-state index contributed by atoms with van der Waals surface area (Å²) in [5.74, 6) is 0. The lowest BCUT2D eigenvalue weighted by Crippen LogP contribution is -2.42. The quantitative estimate of drug-likeness (QED) is 0.827. The number of rotatable bonds is 3. The van der Waals surface area contributed by atoms with E-state index in [9.17, 15) is 5.11 Å². The Balaban J connectivity index is 1.97. The molecule has 0 saturated carbocycles. The predicted molar refractivity (Wildman–Crippen MR) is 58.6 cm³/mol. The molecule has 2 rings (SSSR count). The van der Waals surface area contributed by atoms with E-state index in [0.717, 1.165) is 38.0 Å². The van der Waals surface area contributed by atoms with Crippen molar-refractivity contribution in [1.29, 1.82) is 0 Å². The summed E-state index contributed by atoms with van der Waals surface area (Å²) in [6.07, 6.45) is 6.10. The highest BCUT2D eigenvalue weighted by Crippen LogP contribution is 2.32. The Hall–Kier alpha value is -0.800. The Kier molecular flexibility index (Phi) is 3.12. The molecule has 15 heavy (non-hydrogen) atoms. The largest absolute Gasteiger partial charge is 0.472 e. The van der Waals surface area contributed by atoms with Gasteiger partial charge in [0.25, 0.3) is 0 Å². The van der Waals surface area contributed by atoms with Crippen molar-refractivity contribution in [2.45, 2.75) is 31.8 Å². The molecule has 1 aliphatic rings. The van der Waals surface area contributed by atoms with Gasteiger partial charge in [0.05, 0.1) is 18.1 Å². The van der Waals surface area contributed by atoms with E-state index in [1.54, 1.807) is 12.5 Å². The number of hydrogen-bond acceptors (Lipinski definition) is 3. The van der Waals surface area contributed by atoms with Gasteiger partial charge in [-0.2, -0.15) is 0 Å². The fourth-order valence-electron chi connectivity index (χ4n) is 2.28. The molecule has 0 aromatic carbocycles. The number of nitrogens with zero attached hydrogens (tertiary/aromatic N) is 1. The third kappa shape index (κ3) is 2.24. The van der Waals surface area contributed by atoms with Crippen LogP contribution in [0.2, 0.25) is 0 Å². The van der Waals surface area contributed by atoms with Crippen LogP contribution in [-0.2, 0) is 5.60 Å². The van der Waals surface area contributed by atoms with Gasteiger partial charge in [0.1, 0.15) is 0 Å². The molecule has 84 valence electrons. The maximum absolute atomic E-state index is 10.4. The Bertz CT molecular complexity index is 287. The van der Waals surface area contributed by atoms with Gasteiger partial charge >= 0.3 is 0 Å². The minimum atomic E-state index is -0.656. The Labute approximate surface area is 90.7 Å². The van der Waals surface area contributed by atoms with Gasteiger partial charge in [-0.3, -0.25) is 0 Å². The molecule has 0 radical (unpaired) electrons. The van der Waals surface area contributed by atoms with Gasteiger partial charge in [0, 0.05) is 18.7 Å². The predicted octanol–water partition coefficient (Wildman–Crippen LogP) is 1.97. The van der Waals surface area contributed by atoms with Crippen molar-refractivity contribution in [3.05, 3.63) is 24.2 Å². The summed E-state index contributed by atoms with van der Waals surface area (Å²) in [5.41, 5.74) is 0.274. The third-order valence-corrected chi connectivity index (χ3v) is 3.28. The van der Waals surface area contributed by atoms with Gasteiger partial charge < -0.3 is 14.4 Å². The van der Waals surface area contributed by atoms with Crippen molar-refractivity contribution in [3.63, 3.8) is 0 Å². The lowest BCUT2D eigenvalue weighted by Gasteiger charge is -2.37. The average Bonchev–Trinajstić information content (AvgIpc) is 2.76. The molecule has 1 aromatic rings. The molecular weight excluding hydrogens is 190 g/mol. The summed E-state index contributed by atoms with van der Waals surface area (Å²) in [6, 6.07) is 1.87. The summed E-state index contributed by atoms with van der Waals surface area (Å²) >= 11 is 0. The van der Waals surface area contributed by atoms with Crippen LogP contribution < -0.4 is 0 Å². The van der Waals surface area contributed by atoms with Gasteiger partial charge in [-0.05, 0) is 31.9 Å². The van der Waals surface area contributed by atoms with Crippen LogP contribution in [0.4, 0.5) is 0 Å². The summed E-state index contributed by atoms with van der Waals surface area (Å²) in [7, 11) is 0. The topological polar surface area (TPSA) is 36.6 Å². The SMILES string of the molecule is CCCN1CCC(O)(c2ccoc2)CC1. The van der Waals surface area contributed by atoms with Crippen LogP contribution in [0.25, 0.3) is 0 Å². The summed E-state index contributed by atoms with van der Waals surface area (Å²) in [6.45, 7) is 5.30. The van der Waals surface area contributed by atoms with Crippen molar-refractivity contribution in [2.75, 3.05) is 19.6 Å². The highest BCUT2D eigenvalue weighted by molar-refractivity contribution is 5.17. The van der Waals surface area contributed by atoms with Crippen molar-refractivity contribution in [3.8, 4) is 0 Å². The maximum Gasteiger partial charge on any atom is 0.0963 e. The summed E-state index contributed by atoms with van der Waals surface area (Å²) < 4.78 is 5.03. The van der Waals surface area contributed by atoms with E-state index >= 15 is 0 Å². The molecule has 1 aromatic heterocycles. The molecular formula is C12H19NO2. The zero-order valence-corrected chi connectivity index (χ0v) is 9.28. The number of furan rings is 1. The highest BCUT2D eigenvalue weighted by atomic mass is 16.3. The summed E-state index contributed by atoms with van der Waals surface area (Å²) in [4.78, 5) is 2.41. The molecule has 0 bridgehead atoms. The van der Waals surface area contributed by atoms with E-state index in [2.05, 4.69) is 11.8 Å². The van der Waals surface area contributed by atoms with Crippen LogP contribution in [0.5, 0.6) is 0 Å². The van der Waals surface area contributed by atoms with Crippen LogP contribution in [0, 0.1) is 0 Å². The minimum Gasteiger partial charge on any atom is -0.472 e. The van der Waals surface area contributed by atoms with Crippen molar-refractivity contribution in [1.82, 2.24) is 4.90 Å². The average molecular weight is 209 g/mol. The van der Waals surface area contributed by atoms with E-state index in [1.165, 1.54) is 6.42 Å². The zero-order valence-electron chi connectivity index (χ0n) is 9.28. The smallest absolute Gasteiger partial charge is 0.0963 e. The normalized spacial score (nSPS) is 21.7. The number of likely N-dealkylation sites (tertiary alicyclic amines) is 1. The molecule has 0 atom stereocenters. The first kappa shape index (κ1) is 10.7. The number of hydrogen-bond donors (Lipinski definition) is 1. The van der Waals surface area contributed by atoms with E-state index in [4.69, 9.17) is 4.42 Å². The monoisotopic (exact) mass is 209 g/mol. The van der Waals surface area contributed by atoms with E-state index in [0.29, 0.717) is 0 Å². The fraction of sp³-hybridized carbons (Fsp3) is 0.667. The molecule has 3 nitrogen and oxygen atoms in total. The fourth-order valence-corrected chi connectivity index (χ4v) is 2.28. The van der Waals surface area contributed by atoms with Crippen molar-refractivity contribution < 1.29 is 9.52 Å². The second-order valence-corrected chi connectivity index (χ2v) is 4.39.